The minimum atomic E-state index is -0.548. The average molecular weight is 717 g/mol. The number of benzene rings is 8. The molecule has 2 unspecified atom stereocenters. The summed E-state index contributed by atoms with van der Waals surface area (Å²) in [5.74, 6) is 0. The third kappa shape index (κ3) is 3.93. The highest BCUT2D eigenvalue weighted by Crippen LogP contribution is 2.69. The first-order valence-corrected chi connectivity index (χ1v) is 19.7. The molecule has 2 atom stereocenters. The molecule has 1 aromatic heterocycles. The topological polar surface area (TPSA) is 25.8 Å². The Morgan fingerprint density at radius 2 is 0.727 bits per heavy atom. The Labute approximate surface area is 324 Å². The summed E-state index contributed by atoms with van der Waals surface area (Å²) in [6.07, 6.45) is 0. The van der Waals surface area contributed by atoms with Crippen LogP contribution in [0.25, 0.3) is 54.5 Å². The highest BCUT2D eigenvalue weighted by molar-refractivity contribution is 7.17. The van der Waals surface area contributed by atoms with E-state index in [1.54, 1.807) is 11.3 Å². The van der Waals surface area contributed by atoms with Crippen molar-refractivity contribution in [3.63, 3.8) is 0 Å². The molecular formula is C52H32N2S. The standard InChI is InChI=1S/C52H32N2S/c1-3-15-34(16-4-1)49-53-54-50(55-49)35-31-29-33(30-32-35)37-21-13-22-40-38-19-8-10-25-43(38)52(47(37)40)45-27-12-11-26-44(45)51(36-17-5-2-6-18-36)42-24-9-7-20-39(42)41-23-14-28-46(52)48(41)51/h1-32H. The molecular weight excluding hydrogens is 685 g/mol. The molecule has 0 fully saturated rings. The maximum absolute atomic E-state index is 4.61. The number of rotatable bonds is 4. The molecule has 55 heavy (non-hydrogen) atoms. The lowest BCUT2D eigenvalue weighted by molar-refractivity contribution is 0.637. The van der Waals surface area contributed by atoms with E-state index < -0.39 is 10.8 Å². The van der Waals surface area contributed by atoms with Gasteiger partial charge in [0.05, 0.1) is 10.8 Å². The Hall–Kier alpha value is -6.68. The molecule has 12 rings (SSSR count). The van der Waals surface area contributed by atoms with Gasteiger partial charge in [0.1, 0.15) is 10.0 Å². The second-order valence-corrected chi connectivity index (χ2v) is 15.8. The Morgan fingerprint density at radius 3 is 1.40 bits per heavy atom. The van der Waals surface area contributed by atoms with Crippen molar-refractivity contribution in [3.8, 4) is 54.5 Å². The van der Waals surface area contributed by atoms with Gasteiger partial charge in [0.2, 0.25) is 0 Å². The van der Waals surface area contributed by atoms with Crippen molar-refractivity contribution in [2.45, 2.75) is 10.8 Å². The van der Waals surface area contributed by atoms with E-state index in [2.05, 4.69) is 186 Å². The molecule has 256 valence electrons. The molecule has 3 heteroatoms. The molecule has 0 amide bonds. The van der Waals surface area contributed by atoms with Crippen molar-refractivity contribution in [1.29, 1.82) is 0 Å². The third-order valence-electron chi connectivity index (χ3n) is 12.4. The van der Waals surface area contributed by atoms with Gasteiger partial charge in [-0.25, -0.2) is 0 Å². The van der Waals surface area contributed by atoms with Gasteiger partial charge < -0.3 is 0 Å². The normalized spacial score (nSPS) is 18.0. The second-order valence-electron chi connectivity index (χ2n) is 14.8. The van der Waals surface area contributed by atoms with Crippen LogP contribution >= 0.6 is 11.3 Å². The van der Waals surface area contributed by atoms with Gasteiger partial charge in [-0.2, -0.15) is 0 Å². The molecule has 3 aliphatic carbocycles. The fourth-order valence-corrected chi connectivity index (χ4v) is 11.2. The zero-order chi connectivity index (χ0) is 36.1. The SMILES string of the molecule is c1ccc(-c2nnc(-c3ccc(-c4cccc5c4C4(c6ccccc6-5)c5ccccc5C5(c6ccccc6)c6ccccc6-c6cccc4c65)cc3)s2)cc1. The Kier molecular flexibility index (Phi) is 6.38. The van der Waals surface area contributed by atoms with Crippen LogP contribution in [0.15, 0.2) is 194 Å². The summed E-state index contributed by atoms with van der Waals surface area (Å²) >= 11 is 1.63. The van der Waals surface area contributed by atoms with Crippen molar-refractivity contribution >= 4 is 11.3 Å². The lowest BCUT2D eigenvalue weighted by Crippen LogP contribution is -2.43. The quantitative estimate of drug-likeness (QED) is 0.181. The van der Waals surface area contributed by atoms with E-state index in [-0.39, 0.29) is 0 Å². The maximum atomic E-state index is 4.61. The molecule has 0 N–H and O–H groups in total. The summed E-state index contributed by atoms with van der Waals surface area (Å²) in [5, 5.41) is 11.0. The highest BCUT2D eigenvalue weighted by atomic mass is 32.1. The van der Waals surface area contributed by atoms with E-state index in [0.29, 0.717) is 0 Å². The zero-order valence-corrected chi connectivity index (χ0v) is 30.6. The first-order chi connectivity index (χ1) is 27.3. The predicted molar refractivity (Wildman–Crippen MR) is 224 cm³/mol. The number of hydrogen-bond acceptors (Lipinski definition) is 3. The molecule has 0 saturated carbocycles. The van der Waals surface area contributed by atoms with Crippen LogP contribution in [-0.4, -0.2) is 10.2 Å². The van der Waals surface area contributed by atoms with E-state index in [4.69, 9.17) is 0 Å². The van der Waals surface area contributed by atoms with Gasteiger partial charge in [0, 0.05) is 11.1 Å². The molecule has 0 bridgehead atoms. The number of nitrogens with zero attached hydrogens (tertiary/aromatic N) is 2. The number of fused-ring (bicyclic) bond motifs is 12. The van der Waals surface area contributed by atoms with Crippen molar-refractivity contribution in [3.05, 3.63) is 239 Å². The Balaban J connectivity index is 1.14. The fraction of sp³-hybridized carbons (Fsp3) is 0.0385. The van der Waals surface area contributed by atoms with E-state index in [9.17, 15) is 0 Å². The van der Waals surface area contributed by atoms with E-state index in [1.165, 1.54) is 77.9 Å². The summed E-state index contributed by atoms with van der Waals surface area (Å²) < 4.78 is 0. The van der Waals surface area contributed by atoms with E-state index in [1.807, 2.05) is 18.2 Å². The molecule has 1 heterocycles. The minimum Gasteiger partial charge on any atom is -0.138 e. The summed E-state index contributed by atoms with van der Waals surface area (Å²) in [6.45, 7) is 0. The predicted octanol–water partition coefficient (Wildman–Crippen LogP) is 12.6. The number of aromatic nitrogens is 2. The summed E-state index contributed by atoms with van der Waals surface area (Å²) in [6, 6.07) is 72.1. The van der Waals surface area contributed by atoms with Crippen LogP contribution in [0.5, 0.6) is 0 Å². The molecule has 0 radical (unpaired) electrons. The van der Waals surface area contributed by atoms with Crippen molar-refractivity contribution in [2.24, 2.45) is 0 Å². The van der Waals surface area contributed by atoms with Gasteiger partial charge in [0.25, 0.3) is 0 Å². The van der Waals surface area contributed by atoms with Crippen LogP contribution in [-0.2, 0) is 10.8 Å². The fourth-order valence-electron chi connectivity index (χ4n) is 10.4. The van der Waals surface area contributed by atoms with Gasteiger partial charge in [-0.15, -0.1) is 10.2 Å². The second kappa shape index (κ2) is 11.4. The Morgan fingerprint density at radius 1 is 0.291 bits per heavy atom. The lowest BCUT2D eigenvalue weighted by atomic mass is 9.52. The maximum Gasteiger partial charge on any atom is 0.148 e. The van der Waals surface area contributed by atoms with Crippen LogP contribution in [0.4, 0.5) is 0 Å². The molecule has 9 aromatic rings. The van der Waals surface area contributed by atoms with Crippen LogP contribution in [0, 0.1) is 0 Å². The van der Waals surface area contributed by atoms with Crippen LogP contribution < -0.4 is 0 Å². The summed E-state index contributed by atoms with van der Waals surface area (Å²) in [5.41, 5.74) is 19.6. The van der Waals surface area contributed by atoms with Crippen LogP contribution in [0.2, 0.25) is 0 Å². The van der Waals surface area contributed by atoms with Crippen molar-refractivity contribution in [2.75, 3.05) is 0 Å². The monoisotopic (exact) mass is 716 g/mol. The van der Waals surface area contributed by atoms with Gasteiger partial charge in [-0.3, -0.25) is 0 Å². The van der Waals surface area contributed by atoms with E-state index >= 15 is 0 Å². The zero-order valence-electron chi connectivity index (χ0n) is 29.8. The molecule has 1 spiro atoms. The molecule has 2 nitrogen and oxygen atoms in total. The van der Waals surface area contributed by atoms with Crippen LogP contribution in [0.3, 0.4) is 0 Å². The first-order valence-electron chi connectivity index (χ1n) is 18.9. The van der Waals surface area contributed by atoms with Gasteiger partial charge >= 0.3 is 0 Å². The Bertz CT molecular complexity index is 2980. The molecule has 0 aliphatic heterocycles. The van der Waals surface area contributed by atoms with Crippen molar-refractivity contribution < 1.29 is 0 Å². The van der Waals surface area contributed by atoms with Gasteiger partial charge in [-0.1, -0.05) is 205 Å². The van der Waals surface area contributed by atoms with Gasteiger partial charge in [0.15, 0.2) is 0 Å². The first kappa shape index (κ1) is 30.7. The lowest BCUT2D eigenvalue weighted by Gasteiger charge is -2.48. The minimum absolute atomic E-state index is 0.458. The molecule has 8 aromatic carbocycles. The van der Waals surface area contributed by atoms with E-state index in [0.717, 1.165) is 21.1 Å². The summed E-state index contributed by atoms with van der Waals surface area (Å²) in [4.78, 5) is 0. The average Bonchev–Trinajstić information content (AvgIpc) is 3.96. The smallest absolute Gasteiger partial charge is 0.138 e. The number of hydrogen-bond donors (Lipinski definition) is 0. The third-order valence-corrected chi connectivity index (χ3v) is 13.4. The van der Waals surface area contributed by atoms with Crippen LogP contribution in [0.1, 0.15) is 44.5 Å². The van der Waals surface area contributed by atoms with Crippen molar-refractivity contribution in [1.82, 2.24) is 10.2 Å². The largest absolute Gasteiger partial charge is 0.148 e. The molecule has 3 aliphatic rings. The molecule has 0 saturated heterocycles. The summed E-state index contributed by atoms with van der Waals surface area (Å²) in [7, 11) is 0. The van der Waals surface area contributed by atoms with Gasteiger partial charge in [-0.05, 0) is 77.9 Å². The highest BCUT2D eigenvalue weighted by Gasteiger charge is 2.60.